The number of benzene rings is 1. The fourth-order valence-corrected chi connectivity index (χ4v) is 2.82. The number of hydrogen-bond donors (Lipinski definition) is 0. The summed E-state index contributed by atoms with van der Waals surface area (Å²) in [6, 6.07) is 11.5. The molecule has 23 heavy (non-hydrogen) atoms. The second-order valence-corrected chi connectivity index (χ2v) is 5.31. The first-order valence-electron chi connectivity index (χ1n) is 7.54. The lowest BCUT2D eigenvalue weighted by molar-refractivity contribution is -0.117. The van der Waals surface area contributed by atoms with Crippen LogP contribution in [0.15, 0.2) is 48.8 Å². The van der Waals surface area contributed by atoms with Gasteiger partial charge in [-0.3, -0.25) is 4.79 Å². The van der Waals surface area contributed by atoms with Gasteiger partial charge in [0.05, 0.1) is 24.4 Å². The molecule has 0 N–H and O–H groups in total. The van der Waals surface area contributed by atoms with Crippen LogP contribution in [0, 0.1) is 0 Å². The third kappa shape index (κ3) is 2.65. The number of ether oxygens (including phenoxy) is 1. The molecule has 0 saturated carbocycles. The lowest BCUT2D eigenvalue weighted by Gasteiger charge is -2.10. The van der Waals surface area contributed by atoms with Gasteiger partial charge in [-0.2, -0.15) is 0 Å². The van der Waals surface area contributed by atoms with Crippen LogP contribution in [0.5, 0.6) is 0 Å². The average Bonchev–Trinajstić information content (AvgIpc) is 3.13. The molecule has 5 nitrogen and oxygen atoms in total. The molecule has 118 valence electrons. The van der Waals surface area contributed by atoms with Crippen molar-refractivity contribution in [2.75, 3.05) is 6.61 Å². The van der Waals surface area contributed by atoms with Crippen molar-refractivity contribution < 1.29 is 14.3 Å². The number of Topliss-reactive ketones (excluding diaryl/α,β-unsaturated/α-hetero) is 1. The largest absolute Gasteiger partial charge is 0.461 e. The van der Waals surface area contributed by atoms with Crippen LogP contribution in [0.3, 0.4) is 0 Å². The number of carbonyl (C=O) groups excluding carboxylic acids is 2. The molecule has 0 aliphatic rings. The van der Waals surface area contributed by atoms with Gasteiger partial charge in [0.25, 0.3) is 0 Å². The van der Waals surface area contributed by atoms with Crippen LogP contribution in [0.25, 0.3) is 16.6 Å². The minimum absolute atomic E-state index is 0.0182. The number of esters is 1. The Morgan fingerprint density at radius 2 is 1.78 bits per heavy atom. The molecule has 2 aromatic heterocycles. The SMILES string of the molecule is CCOC(=O)c1c(-n2cccc2)c2ccccc2n1CC(C)=O. The van der Waals surface area contributed by atoms with Crippen molar-refractivity contribution in [3.8, 4) is 5.69 Å². The van der Waals surface area contributed by atoms with Gasteiger partial charge in [-0.15, -0.1) is 0 Å². The highest BCUT2D eigenvalue weighted by Gasteiger charge is 2.25. The minimum Gasteiger partial charge on any atom is -0.461 e. The first kappa shape index (κ1) is 15.1. The fraction of sp³-hybridized carbons (Fsp3) is 0.222. The van der Waals surface area contributed by atoms with E-state index in [4.69, 9.17) is 4.74 Å². The van der Waals surface area contributed by atoms with Crippen molar-refractivity contribution in [3.63, 3.8) is 0 Å². The molecule has 0 aliphatic carbocycles. The van der Waals surface area contributed by atoms with E-state index >= 15 is 0 Å². The zero-order valence-electron chi connectivity index (χ0n) is 13.2. The monoisotopic (exact) mass is 310 g/mol. The number of ketones is 1. The highest BCUT2D eigenvalue weighted by atomic mass is 16.5. The number of aromatic nitrogens is 2. The molecule has 1 aromatic carbocycles. The zero-order valence-corrected chi connectivity index (χ0v) is 13.2. The summed E-state index contributed by atoms with van der Waals surface area (Å²) in [5.74, 6) is -0.441. The van der Waals surface area contributed by atoms with Gasteiger partial charge in [-0.25, -0.2) is 4.79 Å². The molecule has 3 aromatic rings. The van der Waals surface area contributed by atoms with Crippen molar-refractivity contribution in [1.29, 1.82) is 0 Å². The first-order valence-corrected chi connectivity index (χ1v) is 7.54. The van der Waals surface area contributed by atoms with Gasteiger partial charge in [0.2, 0.25) is 0 Å². The summed E-state index contributed by atoms with van der Waals surface area (Å²) in [7, 11) is 0. The Morgan fingerprint density at radius 1 is 1.09 bits per heavy atom. The molecule has 0 unspecified atom stereocenters. The second-order valence-electron chi connectivity index (χ2n) is 5.31. The Bertz CT molecular complexity index is 860. The third-order valence-electron chi connectivity index (χ3n) is 3.66. The van der Waals surface area contributed by atoms with E-state index in [-0.39, 0.29) is 18.9 Å². The van der Waals surface area contributed by atoms with Gasteiger partial charge in [0.1, 0.15) is 5.78 Å². The summed E-state index contributed by atoms with van der Waals surface area (Å²) in [5, 5.41) is 0.910. The molecule has 3 rings (SSSR count). The predicted octanol–water partition coefficient (Wildman–Crippen LogP) is 3.20. The molecule has 0 saturated heterocycles. The maximum absolute atomic E-state index is 12.6. The van der Waals surface area contributed by atoms with E-state index in [1.54, 1.807) is 11.5 Å². The lowest BCUT2D eigenvalue weighted by Crippen LogP contribution is -2.17. The molecule has 2 heterocycles. The van der Waals surface area contributed by atoms with Crippen LogP contribution in [0.2, 0.25) is 0 Å². The summed E-state index contributed by atoms with van der Waals surface area (Å²) in [6.45, 7) is 3.70. The second kappa shape index (κ2) is 6.12. The highest BCUT2D eigenvalue weighted by molar-refractivity contribution is 6.04. The number of fused-ring (bicyclic) bond motifs is 1. The molecule has 5 heteroatoms. The topological polar surface area (TPSA) is 53.2 Å². The Hall–Kier alpha value is -2.82. The van der Waals surface area contributed by atoms with Crippen LogP contribution >= 0.6 is 0 Å². The predicted molar refractivity (Wildman–Crippen MR) is 87.9 cm³/mol. The van der Waals surface area contributed by atoms with Gasteiger partial charge in [0.15, 0.2) is 5.69 Å². The van der Waals surface area contributed by atoms with Crippen molar-refractivity contribution in [2.24, 2.45) is 0 Å². The summed E-state index contributed by atoms with van der Waals surface area (Å²) < 4.78 is 8.86. The number of rotatable bonds is 5. The molecule has 0 amide bonds. The van der Waals surface area contributed by atoms with Crippen LogP contribution in [0.1, 0.15) is 24.3 Å². The van der Waals surface area contributed by atoms with E-state index in [1.165, 1.54) is 6.92 Å². The summed E-state index contributed by atoms with van der Waals surface area (Å²) in [5.41, 5.74) is 1.99. The normalized spacial score (nSPS) is 10.9. The van der Waals surface area contributed by atoms with Gasteiger partial charge in [-0.1, -0.05) is 18.2 Å². The summed E-state index contributed by atoms with van der Waals surface area (Å²) in [6.07, 6.45) is 3.76. The molecule has 0 bridgehead atoms. The van der Waals surface area contributed by atoms with E-state index in [1.807, 2.05) is 53.4 Å². The van der Waals surface area contributed by atoms with Crippen molar-refractivity contribution in [1.82, 2.24) is 9.13 Å². The van der Waals surface area contributed by atoms with Crippen LogP contribution < -0.4 is 0 Å². The van der Waals surface area contributed by atoms with E-state index < -0.39 is 5.97 Å². The van der Waals surface area contributed by atoms with E-state index in [2.05, 4.69) is 0 Å². The number of para-hydroxylation sites is 1. The zero-order chi connectivity index (χ0) is 16.4. The standard InChI is InChI=1S/C18H18N2O3/c1-3-23-18(22)17-16(19-10-6-7-11-19)14-8-4-5-9-15(14)20(17)12-13(2)21/h4-11H,3,12H2,1-2H3. The van der Waals surface area contributed by atoms with Gasteiger partial charge >= 0.3 is 5.97 Å². The third-order valence-corrected chi connectivity index (χ3v) is 3.66. The Labute approximate surface area is 134 Å². The smallest absolute Gasteiger partial charge is 0.357 e. The molecule has 0 aliphatic heterocycles. The average molecular weight is 310 g/mol. The molecule has 0 radical (unpaired) electrons. The van der Waals surface area contributed by atoms with Crippen molar-refractivity contribution in [2.45, 2.75) is 20.4 Å². The minimum atomic E-state index is -0.423. The fourth-order valence-electron chi connectivity index (χ4n) is 2.82. The quantitative estimate of drug-likeness (QED) is 0.680. The summed E-state index contributed by atoms with van der Waals surface area (Å²) >= 11 is 0. The molecule has 0 atom stereocenters. The Morgan fingerprint density at radius 3 is 2.43 bits per heavy atom. The maximum atomic E-state index is 12.6. The molecular weight excluding hydrogens is 292 g/mol. The molecule has 0 spiro atoms. The van der Waals surface area contributed by atoms with Crippen LogP contribution in [-0.2, 0) is 16.1 Å². The van der Waals surface area contributed by atoms with Crippen molar-refractivity contribution in [3.05, 3.63) is 54.5 Å². The lowest BCUT2D eigenvalue weighted by atomic mass is 10.2. The van der Waals surface area contributed by atoms with Crippen molar-refractivity contribution >= 4 is 22.7 Å². The maximum Gasteiger partial charge on any atom is 0.357 e. The number of hydrogen-bond acceptors (Lipinski definition) is 3. The Kier molecular flexibility index (Phi) is 4.02. The number of carbonyl (C=O) groups is 2. The molecule has 0 fully saturated rings. The van der Waals surface area contributed by atoms with Gasteiger partial charge in [-0.05, 0) is 32.0 Å². The molecular formula is C18H18N2O3. The summed E-state index contributed by atoms with van der Waals surface area (Å²) in [4.78, 5) is 24.3. The highest BCUT2D eigenvalue weighted by Crippen LogP contribution is 2.30. The van der Waals surface area contributed by atoms with E-state index in [0.29, 0.717) is 5.69 Å². The van der Waals surface area contributed by atoms with Gasteiger partial charge < -0.3 is 13.9 Å². The van der Waals surface area contributed by atoms with E-state index in [9.17, 15) is 9.59 Å². The Balaban J connectivity index is 2.36. The van der Waals surface area contributed by atoms with Crippen LogP contribution in [0.4, 0.5) is 0 Å². The van der Waals surface area contributed by atoms with Gasteiger partial charge in [0, 0.05) is 17.8 Å². The van der Waals surface area contributed by atoms with E-state index in [0.717, 1.165) is 16.6 Å². The first-order chi connectivity index (χ1) is 11.1. The number of nitrogens with zero attached hydrogens (tertiary/aromatic N) is 2. The van der Waals surface area contributed by atoms with Crippen LogP contribution in [-0.4, -0.2) is 27.5 Å².